The van der Waals surface area contributed by atoms with E-state index in [2.05, 4.69) is 68.4 Å². The van der Waals surface area contributed by atoms with Crippen LogP contribution in [0.3, 0.4) is 0 Å². The topological polar surface area (TPSA) is 3.24 Å². The van der Waals surface area contributed by atoms with E-state index in [0.717, 1.165) is 0 Å². The fourth-order valence-electron chi connectivity index (χ4n) is 1.54. The Bertz CT molecular complexity index is 295. The van der Waals surface area contributed by atoms with Crippen molar-refractivity contribution in [2.75, 3.05) is 7.05 Å². The molecule has 1 atom stereocenters. The van der Waals surface area contributed by atoms with Crippen LogP contribution in [0.2, 0.25) is 0 Å². The molecule has 1 nitrogen and oxygen atoms in total. The van der Waals surface area contributed by atoms with Gasteiger partial charge >= 0.3 is 0 Å². The third-order valence-electron chi connectivity index (χ3n) is 2.88. The summed E-state index contributed by atoms with van der Waals surface area (Å²) in [7, 11) is 1.94. The van der Waals surface area contributed by atoms with Crippen molar-refractivity contribution in [3.05, 3.63) is 48.6 Å². The first-order valence-corrected chi connectivity index (χ1v) is 6.97. The Morgan fingerprint density at radius 1 is 1.27 bits per heavy atom. The van der Waals surface area contributed by atoms with Crippen molar-refractivity contribution in [2.45, 2.75) is 25.4 Å². The van der Waals surface area contributed by atoms with Crippen LogP contribution in [0.15, 0.2) is 43.0 Å². The SMILES string of the molecule is C=CC([SiH2]N(C)C(C)C)c1ccccc1. The number of allylic oxidation sites excluding steroid dienone is 1. The first-order valence-electron chi connectivity index (χ1n) is 5.53. The van der Waals surface area contributed by atoms with E-state index in [9.17, 15) is 0 Å². The Morgan fingerprint density at radius 2 is 1.87 bits per heavy atom. The van der Waals surface area contributed by atoms with Crippen molar-refractivity contribution in [3.8, 4) is 0 Å². The van der Waals surface area contributed by atoms with E-state index in [-0.39, 0.29) is 9.68 Å². The summed E-state index contributed by atoms with van der Waals surface area (Å²) in [6.45, 7) is 8.45. The largest absolute Gasteiger partial charge is 0.329 e. The van der Waals surface area contributed by atoms with Crippen molar-refractivity contribution in [2.24, 2.45) is 0 Å². The van der Waals surface area contributed by atoms with Gasteiger partial charge in [0.05, 0.1) is 0 Å². The van der Waals surface area contributed by atoms with Crippen molar-refractivity contribution >= 4 is 9.68 Å². The molecule has 0 fully saturated rings. The van der Waals surface area contributed by atoms with Crippen LogP contribution in [0, 0.1) is 0 Å². The molecule has 1 unspecified atom stereocenters. The van der Waals surface area contributed by atoms with Gasteiger partial charge in [0, 0.05) is 5.54 Å². The van der Waals surface area contributed by atoms with Gasteiger partial charge in [-0.15, -0.1) is 6.58 Å². The van der Waals surface area contributed by atoms with Crippen LogP contribution in [0.4, 0.5) is 0 Å². The molecule has 0 saturated heterocycles. The number of rotatable bonds is 5. The second-order valence-electron chi connectivity index (χ2n) is 4.29. The summed E-state index contributed by atoms with van der Waals surface area (Å²) < 4.78 is 2.49. The fourth-order valence-corrected chi connectivity index (χ4v) is 3.21. The maximum atomic E-state index is 3.96. The second-order valence-corrected chi connectivity index (χ2v) is 6.53. The molecule has 0 aromatic heterocycles. The average molecular weight is 219 g/mol. The van der Waals surface area contributed by atoms with Crippen molar-refractivity contribution < 1.29 is 0 Å². The summed E-state index contributed by atoms with van der Waals surface area (Å²) >= 11 is 0. The monoisotopic (exact) mass is 219 g/mol. The lowest BCUT2D eigenvalue weighted by molar-refractivity contribution is 0.438. The molecular formula is C13H21NSi. The standard InChI is InChI=1S/C13H21NSi/c1-5-13(15-14(4)11(2)3)12-9-7-6-8-10-12/h5-11,13H,1,15H2,2-4H3. The Labute approximate surface area is 95.7 Å². The fraction of sp³-hybridized carbons (Fsp3) is 0.385. The summed E-state index contributed by atoms with van der Waals surface area (Å²) in [4.78, 5) is 0. The first kappa shape index (κ1) is 12.2. The average Bonchev–Trinajstić information content (AvgIpc) is 2.26. The van der Waals surface area contributed by atoms with Crippen LogP contribution >= 0.6 is 0 Å². The zero-order chi connectivity index (χ0) is 11.3. The zero-order valence-corrected chi connectivity index (χ0v) is 11.4. The number of hydrogen-bond acceptors (Lipinski definition) is 1. The van der Waals surface area contributed by atoms with E-state index >= 15 is 0 Å². The van der Waals surface area contributed by atoms with Crippen LogP contribution in [-0.2, 0) is 0 Å². The quantitative estimate of drug-likeness (QED) is 0.543. The van der Waals surface area contributed by atoms with Crippen LogP contribution in [0.5, 0.6) is 0 Å². The number of nitrogens with zero attached hydrogens (tertiary/aromatic N) is 1. The van der Waals surface area contributed by atoms with E-state index in [1.165, 1.54) is 5.56 Å². The molecule has 15 heavy (non-hydrogen) atoms. The molecule has 0 amide bonds. The van der Waals surface area contributed by atoms with Crippen LogP contribution < -0.4 is 0 Å². The van der Waals surface area contributed by atoms with Crippen molar-refractivity contribution in [1.29, 1.82) is 0 Å². The maximum absolute atomic E-state index is 3.96. The lowest BCUT2D eigenvalue weighted by Gasteiger charge is -2.25. The zero-order valence-electron chi connectivity index (χ0n) is 9.98. The van der Waals surface area contributed by atoms with Gasteiger partial charge in [-0.3, -0.25) is 0 Å². The van der Waals surface area contributed by atoms with E-state index in [1.54, 1.807) is 0 Å². The summed E-state index contributed by atoms with van der Waals surface area (Å²) in [6.07, 6.45) is 2.10. The minimum atomic E-state index is -0.281. The van der Waals surface area contributed by atoms with Gasteiger partial charge in [-0.05, 0) is 18.7 Å². The van der Waals surface area contributed by atoms with E-state index < -0.39 is 0 Å². The summed E-state index contributed by atoms with van der Waals surface area (Å²) in [5.41, 5.74) is 1.98. The summed E-state index contributed by atoms with van der Waals surface area (Å²) in [6, 6.07) is 11.3. The van der Waals surface area contributed by atoms with Gasteiger partial charge in [0.15, 0.2) is 0 Å². The minimum Gasteiger partial charge on any atom is -0.329 e. The molecule has 0 bridgehead atoms. The van der Waals surface area contributed by atoms with Gasteiger partial charge in [0.25, 0.3) is 0 Å². The van der Waals surface area contributed by atoms with Crippen molar-refractivity contribution in [1.82, 2.24) is 4.57 Å². The Balaban J connectivity index is 2.69. The molecule has 0 saturated carbocycles. The predicted octanol–water partition coefficient (Wildman–Crippen LogP) is 2.34. The van der Waals surface area contributed by atoms with Gasteiger partial charge in [-0.25, -0.2) is 0 Å². The molecular weight excluding hydrogens is 198 g/mol. The van der Waals surface area contributed by atoms with E-state index in [0.29, 0.717) is 11.6 Å². The third-order valence-corrected chi connectivity index (χ3v) is 5.38. The molecule has 2 heteroatoms. The maximum Gasteiger partial charge on any atom is 0.106 e. The van der Waals surface area contributed by atoms with E-state index in [4.69, 9.17) is 0 Å². The molecule has 1 aromatic rings. The summed E-state index contributed by atoms with van der Waals surface area (Å²) in [5, 5.41) is 0. The molecule has 0 spiro atoms. The normalized spacial score (nSPS) is 13.9. The summed E-state index contributed by atoms with van der Waals surface area (Å²) in [5.74, 6) is 0. The number of benzene rings is 1. The molecule has 0 radical (unpaired) electrons. The smallest absolute Gasteiger partial charge is 0.106 e. The lowest BCUT2D eigenvalue weighted by atomic mass is 10.1. The van der Waals surface area contributed by atoms with Gasteiger partial charge in [0.2, 0.25) is 0 Å². The third kappa shape index (κ3) is 3.65. The highest BCUT2D eigenvalue weighted by Crippen LogP contribution is 2.16. The number of hydrogen-bond donors (Lipinski definition) is 0. The lowest BCUT2D eigenvalue weighted by Crippen LogP contribution is -2.33. The van der Waals surface area contributed by atoms with E-state index in [1.807, 2.05) is 0 Å². The molecule has 1 rings (SSSR count). The molecule has 1 aromatic carbocycles. The first-order chi connectivity index (χ1) is 7.15. The minimum absolute atomic E-state index is 0.281. The Morgan fingerprint density at radius 3 is 2.33 bits per heavy atom. The molecule has 0 N–H and O–H groups in total. The van der Waals surface area contributed by atoms with Crippen LogP contribution in [0.25, 0.3) is 0 Å². The highest BCUT2D eigenvalue weighted by molar-refractivity contribution is 6.35. The Hall–Kier alpha value is -0.863. The van der Waals surface area contributed by atoms with Gasteiger partial charge in [0.1, 0.15) is 9.68 Å². The second kappa shape index (κ2) is 5.88. The molecule has 82 valence electrons. The van der Waals surface area contributed by atoms with Crippen molar-refractivity contribution in [3.63, 3.8) is 0 Å². The van der Waals surface area contributed by atoms with Gasteiger partial charge in [-0.2, -0.15) is 0 Å². The highest BCUT2D eigenvalue weighted by atomic mass is 28.2. The molecule has 0 aliphatic carbocycles. The van der Waals surface area contributed by atoms with Gasteiger partial charge in [-0.1, -0.05) is 50.3 Å². The molecule has 0 aliphatic rings. The predicted molar refractivity (Wildman–Crippen MR) is 70.8 cm³/mol. The Kier molecular flexibility index (Phi) is 4.79. The van der Waals surface area contributed by atoms with Gasteiger partial charge < -0.3 is 4.57 Å². The molecule has 0 aliphatic heterocycles. The highest BCUT2D eigenvalue weighted by Gasteiger charge is 2.12. The molecule has 0 heterocycles. The van der Waals surface area contributed by atoms with Crippen LogP contribution in [-0.4, -0.2) is 27.3 Å². The van der Waals surface area contributed by atoms with Crippen LogP contribution in [0.1, 0.15) is 25.0 Å².